The number of hydrogen-bond acceptors (Lipinski definition) is 3. The summed E-state index contributed by atoms with van der Waals surface area (Å²) in [4.78, 5) is 0. The largest absolute Gasteiger partial charge is 0.489 e. The molecule has 0 aliphatic rings. The molecule has 0 spiro atoms. The summed E-state index contributed by atoms with van der Waals surface area (Å²) >= 11 is 0. The highest BCUT2D eigenvalue weighted by Crippen LogP contribution is 2.20. The van der Waals surface area contributed by atoms with E-state index < -0.39 is 0 Å². The molecule has 0 bridgehead atoms. The summed E-state index contributed by atoms with van der Waals surface area (Å²) < 4.78 is 5.80. The first-order valence-electron chi connectivity index (χ1n) is 7.11. The Labute approximate surface area is 126 Å². The number of ether oxygens (including phenoxy) is 1. The molecule has 0 saturated heterocycles. The van der Waals surface area contributed by atoms with Gasteiger partial charge in [0.2, 0.25) is 0 Å². The Bertz CT molecular complexity index is 602. The highest BCUT2D eigenvalue weighted by molar-refractivity contribution is 5.33. The summed E-state index contributed by atoms with van der Waals surface area (Å²) in [6.07, 6.45) is 0. The molecule has 0 aliphatic heterocycles. The number of nitrogens with zero attached hydrogens (tertiary/aromatic N) is 1. The van der Waals surface area contributed by atoms with E-state index in [0.717, 1.165) is 16.9 Å². The van der Waals surface area contributed by atoms with Crippen molar-refractivity contribution in [2.45, 2.75) is 32.5 Å². The molecule has 0 aliphatic carbocycles. The summed E-state index contributed by atoms with van der Waals surface area (Å²) in [5.74, 6) is 0.780. The number of nitrogens with one attached hydrogen (secondary N) is 1. The van der Waals surface area contributed by atoms with Gasteiger partial charge >= 0.3 is 0 Å². The smallest absolute Gasteiger partial charge is 0.121 e. The van der Waals surface area contributed by atoms with Crippen LogP contribution in [-0.2, 0) is 6.61 Å². The van der Waals surface area contributed by atoms with Gasteiger partial charge in [-0.1, -0.05) is 42.5 Å². The van der Waals surface area contributed by atoms with E-state index in [1.807, 2.05) is 68.4 Å². The van der Waals surface area contributed by atoms with Gasteiger partial charge in [0.15, 0.2) is 0 Å². The fourth-order valence-corrected chi connectivity index (χ4v) is 2.07. The van der Waals surface area contributed by atoms with E-state index in [1.165, 1.54) is 0 Å². The lowest BCUT2D eigenvalue weighted by Gasteiger charge is -2.16. The lowest BCUT2D eigenvalue weighted by Crippen LogP contribution is -2.27. The Morgan fingerprint density at radius 2 is 1.86 bits per heavy atom. The van der Waals surface area contributed by atoms with E-state index in [0.29, 0.717) is 6.61 Å². The van der Waals surface area contributed by atoms with Gasteiger partial charge in [-0.3, -0.25) is 5.32 Å². The lowest BCUT2D eigenvalue weighted by molar-refractivity contribution is 0.305. The van der Waals surface area contributed by atoms with Gasteiger partial charge in [-0.15, -0.1) is 0 Å². The molecule has 0 radical (unpaired) electrons. The predicted octanol–water partition coefficient (Wildman–Crippen LogP) is 3.83. The molecule has 0 heterocycles. The third-order valence-corrected chi connectivity index (χ3v) is 3.07. The lowest BCUT2D eigenvalue weighted by atomic mass is 10.1. The second-order valence-electron chi connectivity index (χ2n) is 5.23. The molecule has 0 fully saturated rings. The van der Waals surface area contributed by atoms with Crippen molar-refractivity contribution >= 4 is 0 Å². The van der Waals surface area contributed by atoms with Gasteiger partial charge < -0.3 is 4.74 Å². The maximum Gasteiger partial charge on any atom is 0.121 e. The normalized spacial score (nSPS) is 11.9. The van der Waals surface area contributed by atoms with Crippen LogP contribution in [0.15, 0.2) is 54.6 Å². The summed E-state index contributed by atoms with van der Waals surface area (Å²) in [6.45, 7) is 4.58. The molecule has 2 rings (SSSR count). The fraction of sp³-hybridized carbons (Fsp3) is 0.278. The monoisotopic (exact) mass is 280 g/mol. The topological polar surface area (TPSA) is 45.0 Å². The molecule has 2 aromatic rings. The van der Waals surface area contributed by atoms with E-state index in [4.69, 9.17) is 4.74 Å². The summed E-state index contributed by atoms with van der Waals surface area (Å²) in [6, 6.07) is 20.0. The van der Waals surface area contributed by atoms with Crippen LogP contribution in [0.3, 0.4) is 0 Å². The summed E-state index contributed by atoms with van der Waals surface area (Å²) in [5, 5.41) is 12.5. The van der Waals surface area contributed by atoms with Crippen LogP contribution in [0.5, 0.6) is 5.75 Å². The molecule has 3 heteroatoms. The summed E-state index contributed by atoms with van der Waals surface area (Å²) in [7, 11) is 0. The molecule has 1 atom stereocenters. The molecule has 0 saturated carbocycles. The molecular weight excluding hydrogens is 260 g/mol. The van der Waals surface area contributed by atoms with E-state index in [-0.39, 0.29) is 12.1 Å². The predicted molar refractivity (Wildman–Crippen MR) is 83.8 cm³/mol. The van der Waals surface area contributed by atoms with Crippen LogP contribution < -0.4 is 10.1 Å². The molecule has 108 valence electrons. The Morgan fingerprint density at radius 1 is 1.10 bits per heavy atom. The Balaban J connectivity index is 2.05. The zero-order valence-corrected chi connectivity index (χ0v) is 12.4. The van der Waals surface area contributed by atoms with Gasteiger partial charge in [0, 0.05) is 6.04 Å². The number of hydrogen-bond donors (Lipinski definition) is 1. The van der Waals surface area contributed by atoms with E-state index in [9.17, 15) is 5.26 Å². The number of rotatable bonds is 6. The van der Waals surface area contributed by atoms with Gasteiger partial charge in [-0.25, -0.2) is 0 Å². The van der Waals surface area contributed by atoms with Gasteiger partial charge in [0.05, 0.1) is 6.07 Å². The van der Waals surface area contributed by atoms with Crippen molar-refractivity contribution in [1.82, 2.24) is 5.32 Å². The van der Waals surface area contributed by atoms with Crippen molar-refractivity contribution in [3.63, 3.8) is 0 Å². The van der Waals surface area contributed by atoms with Crippen LogP contribution in [0.25, 0.3) is 0 Å². The minimum absolute atomic E-state index is 0.253. The van der Waals surface area contributed by atoms with Crippen LogP contribution >= 0.6 is 0 Å². The zero-order valence-electron chi connectivity index (χ0n) is 12.4. The maximum absolute atomic E-state index is 9.27. The zero-order chi connectivity index (χ0) is 15.1. The van der Waals surface area contributed by atoms with Gasteiger partial charge in [0.25, 0.3) is 0 Å². The highest BCUT2D eigenvalue weighted by Gasteiger charge is 2.12. The minimum Gasteiger partial charge on any atom is -0.489 e. The first kappa shape index (κ1) is 15.1. The summed E-state index contributed by atoms with van der Waals surface area (Å²) in [5.41, 5.74) is 2.05. The second kappa shape index (κ2) is 7.47. The van der Waals surface area contributed by atoms with Crippen LogP contribution in [0.2, 0.25) is 0 Å². The molecule has 0 amide bonds. The third-order valence-electron chi connectivity index (χ3n) is 3.07. The Kier molecular flexibility index (Phi) is 5.36. The molecule has 1 N–H and O–H groups in total. The Morgan fingerprint density at radius 3 is 2.52 bits per heavy atom. The molecule has 3 nitrogen and oxygen atoms in total. The van der Waals surface area contributed by atoms with Crippen molar-refractivity contribution in [3.05, 3.63) is 65.7 Å². The Hall–Kier alpha value is -2.31. The van der Waals surface area contributed by atoms with Crippen molar-refractivity contribution in [2.24, 2.45) is 0 Å². The van der Waals surface area contributed by atoms with E-state index in [1.54, 1.807) is 0 Å². The van der Waals surface area contributed by atoms with Crippen LogP contribution in [0, 0.1) is 11.3 Å². The maximum atomic E-state index is 9.27. The van der Waals surface area contributed by atoms with Crippen molar-refractivity contribution < 1.29 is 4.74 Å². The van der Waals surface area contributed by atoms with E-state index >= 15 is 0 Å². The number of benzene rings is 2. The average molecular weight is 280 g/mol. The SMILES string of the molecule is CC(C)NC(C#N)c1cccc(OCc2ccccc2)c1. The minimum atomic E-state index is -0.315. The van der Waals surface area contributed by atoms with Crippen molar-refractivity contribution in [2.75, 3.05) is 0 Å². The standard InChI is InChI=1S/C18H20N2O/c1-14(2)20-18(12-19)16-9-6-10-17(11-16)21-13-15-7-4-3-5-8-15/h3-11,14,18,20H,13H2,1-2H3. The first-order chi connectivity index (χ1) is 10.2. The van der Waals surface area contributed by atoms with Gasteiger partial charge in [0.1, 0.15) is 18.4 Å². The van der Waals surface area contributed by atoms with Crippen molar-refractivity contribution in [3.8, 4) is 11.8 Å². The van der Waals surface area contributed by atoms with Crippen LogP contribution in [-0.4, -0.2) is 6.04 Å². The molecular formula is C18H20N2O. The molecule has 2 aromatic carbocycles. The van der Waals surface area contributed by atoms with Crippen LogP contribution in [0.1, 0.15) is 31.0 Å². The highest BCUT2D eigenvalue weighted by atomic mass is 16.5. The fourth-order valence-electron chi connectivity index (χ4n) is 2.07. The number of nitriles is 1. The average Bonchev–Trinajstić information content (AvgIpc) is 2.52. The second-order valence-corrected chi connectivity index (χ2v) is 5.23. The molecule has 0 aromatic heterocycles. The quantitative estimate of drug-likeness (QED) is 0.874. The third kappa shape index (κ3) is 4.62. The van der Waals surface area contributed by atoms with E-state index in [2.05, 4.69) is 11.4 Å². The first-order valence-corrected chi connectivity index (χ1v) is 7.11. The van der Waals surface area contributed by atoms with Crippen LogP contribution in [0.4, 0.5) is 0 Å². The van der Waals surface area contributed by atoms with Gasteiger partial charge in [-0.05, 0) is 37.1 Å². The van der Waals surface area contributed by atoms with Crippen molar-refractivity contribution in [1.29, 1.82) is 5.26 Å². The molecule has 1 unspecified atom stereocenters. The van der Waals surface area contributed by atoms with Gasteiger partial charge in [-0.2, -0.15) is 5.26 Å². The molecule has 21 heavy (non-hydrogen) atoms.